The van der Waals surface area contributed by atoms with Crippen LogP contribution < -0.4 is 5.32 Å². The number of ether oxygens (including phenoxy) is 1. The van der Waals surface area contributed by atoms with E-state index in [0.717, 1.165) is 5.56 Å². The molecule has 0 aliphatic carbocycles. The predicted molar refractivity (Wildman–Crippen MR) is 79.6 cm³/mol. The summed E-state index contributed by atoms with van der Waals surface area (Å²) in [4.78, 5) is 37.0. The van der Waals surface area contributed by atoms with Crippen LogP contribution in [0.2, 0.25) is 0 Å². The number of hydrogen-bond donors (Lipinski definition) is 1. The third kappa shape index (κ3) is 3.63. The molecular formula is C16H20N2O4. The molecular weight excluding hydrogens is 284 g/mol. The van der Waals surface area contributed by atoms with E-state index in [1.165, 1.54) is 0 Å². The second-order valence-corrected chi connectivity index (χ2v) is 5.28. The largest absolute Gasteiger partial charge is 0.466 e. The van der Waals surface area contributed by atoms with Gasteiger partial charge in [-0.15, -0.1) is 0 Å². The number of β-lactam (4-membered cyclic amide) rings is 1. The fraction of sp³-hybridized carbons (Fsp3) is 0.438. The van der Waals surface area contributed by atoms with E-state index in [1.807, 2.05) is 30.3 Å². The van der Waals surface area contributed by atoms with Crippen LogP contribution in [0.4, 0.5) is 0 Å². The highest BCUT2D eigenvalue weighted by atomic mass is 16.5. The van der Waals surface area contributed by atoms with Gasteiger partial charge in [0.1, 0.15) is 6.04 Å². The molecule has 0 saturated carbocycles. The smallest absolute Gasteiger partial charge is 0.306 e. The van der Waals surface area contributed by atoms with Gasteiger partial charge < -0.3 is 15.0 Å². The van der Waals surface area contributed by atoms with Gasteiger partial charge in [-0.3, -0.25) is 14.4 Å². The van der Waals surface area contributed by atoms with Gasteiger partial charge in [0, 0.05) is 13.6 Å². The zero-order valence-corrected chi connectivity index (χ0v) is 12.7. The van der Waals surface area contributed by atoms with E-state index < -0.39 is 17.9 Å². The molecule has 1 N–H and O–H groups in total. The maximum Gasteiger partial charge on any atom is 0.306 e. The standard InChI is InChI=1S/C16H20N2O4/c1-3-22-13(19)9-12-14(17-15(12)20)16(21)18(2)10-11-7-5-4-6-8-11/h4-8,12,14H,3,9-10H2,1-2H3,(H,17,20). The first kappa shape index (κ1) is 16.0. The lowest BCUT2D eigenvalue weighted by molar-refractivity contribution is -0.155. The van der Waals surface area contributed by atoms with Crippen LogP contribution in [-0.4, -0.2) is 42.4 Å². The Bertz CT molecular complexity index is 559. The lowest BCUT2D eigenvalue weighted by Gasteiger charge is -2.37. The fourth-order valence-corrected chi connectivity index (χ4v) is 2.43. The summed E-state index contributed by atoms with van der Waals surface area (Å²) in [7, 11) is 1.68. The second-order valence-electron chi connectivity index (χ2n) is 5.28. The van der Waals surface area contributed by atoms with Gasteiger partial charge in [-0.25, -0.2) is 0 Å². The summed E-state index contributed by atoms with van der Waals surface area (Å²) in [5, 5.41) is 2.57. The van der Waals surface area contributed by atoms with Crippen LogP contribution in [0.25, 0.3) is 0 Å². The minimum Gasteiger partial charge on any atom is -0.466 e. The van der Waals surface area contributed by atoms with Crippen LogP contribution in [0.3, 0.4) is 0 Å². The number of nitrogens with zero attached hydrogens (tertiary/aromatic N) is 1. The van der Waals surface area contributed by atoms with Crippen molar-refractivity contribution in [2.45, 2.75) is 25.9 Å². The number of likely N-dealkylation sites (N-methyl/N-ethyl adjacent to an activating group) is 1. The van der Waals surface area contributed by atoms with Crippen LogP contribution in [0, 0.1) is 5.92 Å². The van der Waals surface area contributed by atoms with Crippen molar-refractivity contribution in [2.75, 3.05) is 13.7 Å². The highest BCUT2D eigenvalue weighted by Gasteiger charge is 2.46. The van der Waals surface area contributed by atoms with Crippen LogP contribution in [-0.2, 0) is 25.7 Å². The lowest BCUT2D eigenvalue weighted by atomic mass is 9.86. The van der Waals surface area contributed by atoms with Gasteiger partial charge in [0.25, 0.3) is 0 Å². The summed E-state index contributed by atoms with van der Waals surface area (Å²) in [5.41, 5.74) is 1.01. The summed E-state index contributed by atoms with van der Waals surface area (Å²) in [6.45, 7) is 2.42. The van der Waals surface area contributed by atoms with Crippen molar-refractivity contribution >= 4 is 17.8 Å². The summed E-state index contributed by atoms with van der Waals surface area (Å²) >= 11 is 0. The Morgan fingerprint density at radius 1 is 1.27 bits per heavy atom. The molecule has 2 atom stereocenters. The van der Waals surface area contributed by atoms with Crippen LogP contribution >= 0.6 is 0 Å². The monoisotopic (exact) mass is 304 g/mol. The molecule has 1 aliphatic rings. The van der Waals surface area contributed by atoms with Crippen molar-refractivity contribution < 1.29 is 19.1 Å². The molecule has 0 bridgehead atoms. The number of hydrogen-bond acceptors (Lipinski definition) is 4. The minimum absolute atomic E-state index is 0.0603. The maximum atomic E-state index is 12.4. The molecule has 1 aliphatic heterocycles. The molecule has 6 heteroatoms. The number of benzene rings is 1. The Morgan fingerprint density at radius 3 is 2.55 bits per heavy atom. The van der Waals surface area contributed by atoms with Gasteiger partial charge in [-0.05, 0) is 12.5 Å². The topological polar surface area (TPSA) is 75.7 Å². The lowest BCUT2D eigenvalue weighted by Crippen LogP contribution is -2.64. The highest BCUT2D eigenvalue weighted by molar-refractivity contribution is 6.00. The van der Waals surface area contributed by atoms with Crippen LogP contribution in [0.15, 0.2) is 30.3 Å². The summed E-state index contributed by atoms with van der Waals surface area (Å²) in [6.07, 6.45) is -0.0603. The Hall–Kier alpha value is -2.37. The number of rotatable bonds is 6. The number of nitrogens with one attached hydrogen (secondary N) is 1. The Labute approximate surface area is 129 Å². The molecule has 6 nitrogen and oxygen atoms in total. The summed E-state index contributed by atoms with van der Waals surface area (Å²) in [6, 6.07) is 8.93. The normalized spacial score (nSPS) is 19.8. The first-order valence-electron chi connectivity index (χ1n) is 7.27. The molecule has 22 heavy (non-hydrogen) atoms. The van der Waals surface area contributed by atoms with Crippen LogP contribution in [0.1, 0.15) is 18.9 Å². The molecule has 2 unspecified atom stereocenters. The van der Waals surface area contributed by atoms with E-state index >= 15 is 0 Å². The highest BCUT2D eigenvalue weighted by Crippen LogP contribution is 2.22. The molecule has 1 saturated heterocycles. The predicted octanol–water partition coefficient (Wildman–Crippen LogP) is 0.713. The number of carbonyl (C=O) groups excluding carboxylic acids is 3. The minimum atomic E-state index is -0.648. The molecule has 0 spiro atoms. The molecule has 0 aromatic heterocycles. The zero-order valence-electron chi connectivity index (χ0n) is 12.7. The Balaban J connectivity index is 1.93. The number of amides is 2. The van der Waals surface area contributed by atoms with Gasteiger partial charge in [0.05, 0.1) is 18.9 Å². The van der Waals surface area contributed by atoms with E-state index in [2.05, 4.69) is 5.32 Å². The van der Waals surface area contributed by atoms with Crippen molar-refractivity contribution in [1.29, 1.82) is 0 Å². The molecule has 1 fully saturated rings. The Kier molecular flexibility index (Phi) is 5.14. The molecule has 2 amide bonds. The summed E-state index contributed by atoms with van der Waals surface area (Å²) in [5.74, 6) is -1.56. The Morgan fingerprint density at radius 2 is 1.95 bits per heavy atom. The van der Waals surface area contributed by atoms with Crippen molar-refractivity contribution in [3.05, 3.63) is 35.9 Å². The molecule has 0 radical (unpaired) electrons. The molecule has 1 heterocycles. The first-order chi connectivity index (χ1) is 10.5. The van der Waals surface area contributed by atoms with Crippen molar-refractivity contribution in [2.24, 2.45) is 5.92 Å². The van der Waals surface area contributed by atoms with Crippen molar-refractivity contribution in [3.8, 4) is 0 Å². The quantitative estimate of drug-likeness (QED) is 0.620. The van der Waals surface area contributed by atoms with E-state index in [1.54, 1.807) is 18.9 Å². The van der Waals surface area contributed by atoms with E-state index in [0.29, 0.717) is 6.54 Å². The van der Waals surface area contributed by atoms with Gasteiger partial charge in [0.2, 0.25) is 11.8 Å². The van der Waals surface area contributed by atoms with E-state index in [4.69, 9.17) is 4.74 Å². The molecule has 118 valence electrons. The van der Waals surface area contributed by atoms with E-state index in [9.17, 15) is 14.4 Å². The van der Waals surface area contributed by atoms with Crippen LogP contribution in [0.5, 0.6) is 0 Å². The first-order valence-corrected chi connectivity index (χ1v) is 7.27. The zero-order chi connectivity index (χ0) is 16.1. The van der Waals surface area contributed by atoms with Gasteiger partial charge in [0.15, 0.2) is 0 Å². The third-order valence-electron chi connectivity index (χ3n) is 3.63. The van der Waals surface area contributed by atoms with Gasteiger partial charge >= 0.3 is 5.97 Å². The van der Waals surface area contributed by atoms with Gasteiger partial charge in [-0.1, -0.05) is 30.3 Å². The number of esters is 1. The average molecular weight is 304 g/mol. The van der Waals surface area contributed by atoms with Gasteiger partial charge in [-0.2, -0.15) is 0 Å². The number of carbonyl (C=O) groups is 3. The van der Waals surface area contributed by atoms with E-state index in [-0.39, 0.29) is 24.8 Å². The third-order valence-corrected chi connectivity index (χ3v) is 3.63. The van der Waals surface area contributed by atoms with Crippen molar-refractivity contribution in [1.82, 2.24) is 10.2 Å². The average Bonchev–Trinajstić information content (AvgIpc) is 2.51. The second kappa shape index (κ2) is 7.06. The summed E-state index contributed by atoms with van der Waals surface area (Å²) < 4.78 is 4.84. The SMILES string of the molecule is CCOC(=O)CC1C(=O)NC1C(=O)N(C)Cc1ccccc1. The maximum absolute atomic E-state index is 12.4. The fourth-order valence-electron chi connectivity index (χ4n) is 2.43. The molecule has 2 rings (SSSR count). The van der Waals surface area contributed by atoms with Crippen molar-refractivity contribution in [3.63, 3.8) is 0 Å². The molecule has 1 aromatic rings. The molecule has 1 aromatic carbocycles.